The van der Waals surface area contributed by atoms with Crippen molar-refractivity contribution in [3.8, 4) is 0 Å². The molecule has 1 aliphatic heterocycles. The first-order valence-electron chi connectivity index (χ1n) is 6.50. The van der Waals surface area contributed by atoms with E-state index in [1.807, 2.05) is 0 Å². The smallest absolute Gasteiger partial charge is 0.319 e. The van der Waals surface area contributed by atoms with Gasteiger partial charge in [0.25, 0.3) is 0 Å². The average Bonchev–Trinajstić information content (AvgIpc) is 2.47. The lowest BCUT2D eigenvalue weighted by Gasteiger charge is -2.35. The highest BCUT2D eigenvalue weighted by atomic mass is 32.2. The van der Waals surface area contributed by atoms with Crippen LogP contribution in [0.25, 0.3) is 0 Å². The van der Waals surface area contributed by atoms with Gasteiger partial charge in [0.15, 0.2) is 0 Å². The zero-order valence-corrected chi connectivity index (χ0v) is 12.9. The zero-order valence-electron chi connectivity index (χ0n) is 12.1. The third-order valence-electron chi connectivity index (χ3n) is 3.29. The minimum absolute atomic E-state index is 0.110. The summed E-state index contributed by atoms with van der Waals surface area (Å²) < 4.78 is 26.2. The molecule has 8 nitrogen and oxygen atoms in total. The molecule has 1 aromatic heterocycles. The molecule has 0 radical (unpaired) electrons. The third-order valence-corrected chi connectivity index (χ3v) is 5.17. The van der Waals surface area contributed by atoms with E-state index in [-0.39, 0.29) is 29.8 Å². The van der Waals surface area contributed by atoms with E-state index in [2.05, 4.69) is 4.98 Å². The molecule has 0 saturated carbocycles. The van der Waals surface area contributed by atoms with Crippen LogP contribution in [0.2, 0.25) is 0 Å². The van der Waals surface area contributed by atoms with Gasteiger partial charge in [-0.15, -0.1) is 0 Å². The van der Waals surface area contributed by atoms with E-state index in [9.17, 15) is 13.2 Å². The van der Waals surface area contributed by atoms with Crippen LogP contribution in [-0.2, 0) is 10.0 Å². The zero-order chi connectivity index (χ0) is 15.6. The number of nitrogens with two attached hydrogens (primary N) is 1. The molecule has 9 heteroatoms. The van der Waals surface area contributed by atoms with Gasteiger partial charge in [0.05, 0.1) is 0 Å². The first-order valence-corrected chi connectivity index (χ1v) is 7.94. The van der Waals surface area contributed by atoms with E-state index in [1.165, 1.54) is 27.5 Å². The van der Waals surface area contributed by atoms with E-state index in [0.717, 1.165) is 0 Å². The number of hydrogen-bond donors (Lipinski definition) is 1. The summed E-state index contributed by atoms with van der Waals surface area (Å²) in [5.74, 6) is 0.273. The SMILES string of the molecule is CN(C)C(=O)N1CCN(S(=O)(=O)c2ccc(N)nc2)CC1. The molecule has 1 fully saturated rings. The number of piperazine rings is 1. The van der Waals surface area contributed by atoms with Crippen molar-refractivity contribution in [1.29, 1.82) is 0 Å². The largest absolute Gasteiger partial charge is 0.384 e. The van der Waals surface area contributed by atoms with Gasteiger partial charge < -0.3 is 15.5 Å². The van der Waals surface area contributed by atoms with Crippen molar-refractivity contribution < 1.29 is 13.2 Å². The molecule has 0 spiro atoms. The summed E-state index contributed by atoms with van der Waals surface area (Å²) in [4.78, 5) is 18.9. The highest BCUT2D eigenvalue weighted by molar-refractivity contribution is 7.89. The molecule has 0 bridgehead atoms. The van der Waals surface area contributed by atoms with Gasteiger partial charge in [-0.2, -0.15) is 4.31 Å². The number of pyridine rings is 1. The number of aromatic nitrogens is 1. The van der Waals surface area contributed by atoms with Crippen LogP contribution in [0.3, 0.4) is 0 Å². The second-order valence-corrected chi connectivity index (χ2v) is 6.92. The average molecular weight is 313 g/mol. The number of hydrogen-bond acceptors (Lipinski definition) is 5. The van der Waals surface area contributed by atoms with E-state index in [4.69, 9.17) is 5.73 Å². The molecule has 2 amide bonds. The Labute approximate surface area is 124 Å². The number of nitrogen functional groups attached to an aromatic ring is 1. The molecule has 116 valence electrons. The van der Waals surface area contributed by atoms with E-state index >= 15 is 0 Å². The molecule has 2 heterocycles. The number of carbonyl (C=O) groups is 1. The summed E-state index contributed by atoms with van der Waals surface area (Å²) in [6, 6.07) is 2.79. The first kappa shape index (κ1) is 15.5. The fourth-order valence-electron chi connectivity index (χ4n) is 2.10. The van der Waals surface area contributed by atoms with Gasteiger partial charge in [-0.25, -0.2) is 18.2 Å². The van der Waals surface area contributed by atoms with Crippen LogP contribution < -0.4 is 5.73 Å². The van der Waals surface area contributed by atoms with Crippen LogP contribution in [0.1, 0.15) is 0 Å². The lowest BCUT2D eigenvalue weighted by atomic mass is 10.4. The van der Waals surface area contributed by atoms with Crippen LogP contribution in [0.5, 0.6) is 0 Å². The van der Waals surface area contributed by atoms with Crippen LogP contribution >= 0.6 is 0 Å². The second-order valence-electron chi connectivity index (χ2n) is 4.99. The fraction of sp³-hybridized carbons (Fsp3) is 0.500. The maximum absolute atomic E-state index is 12.4. The lowest BCUT2D eigenvalue weighted by Crippen LogP contribution is -2.52. The quantitative estimate of drug-likeness (QED) is 0.804. The summed E-state index contributed by atoms with van der Waals surface area (Å²) in [5.41, 5.74) is 5.46. The highest BCUT2D eigenvalue weighted by Gasteiger charge is 2.30. The van der Waals surface area contributed by atoms with Crippen molar-refractivity contribution >= 4 is 21.9 Å². The fourth-order valence-corrected chi connectivity index (χ4v) is 3.46. The Morgan fingerprint density at radius 3 is 2.33 bits per heavy atom. The number of urea groups is 1. The number of carbonyl (C=O) groups excluding carboxylic acids is 1. The van der Waals surface area contributed by atoms with Gasteiger partial charge in [-0.3, -0.25) is 0 Å². The molecule has 0 atom stereocenters. The molecule has 1 aliphatic rings. The van der Waals surface area contributed by atoms with E-state index in [1.54, 1.807) is 19.0 Å². The normalized spacial score (nSPS) is 16.8. The Hall–Kier alpha value is -1.87. The van der Waals surface area contributed by atoms with Crippen LogP contribution in [0.4, 0.5) is 10.6 Å². The van der Waals surface area contributed by atoms with Gasteiger partial charge in [0, 0.05) is 46.5 Å². The summed E-state index contributed by atoms with van der Waals surface area (Å²) >= 11 is 0. The van der Waals surface area contributed by atoms with Crippen molar-refractivity contribution in [2.24, 2.45) is 0 Å². The van der Waals surface area contributed by atoms with E-state index < -0.39 is 10.0 Å². The van der Waals surface area contributed by atoms with Crippen molar-refractivity contribution in [2.45, 2.75) is 4.90 Å². The molecule has 0 aliphatic carbocycles. The predicted molar refractivity (Wildman–Crippen MR) is 78.1 cm³/mol. The number of amides is 2. The van der Waals surface area contributed by atoms with E-state index in [0.29, 0.717) is 13.1 Å². The summed E-state index contributed by atoms with van der Waals surface area (Å²) in [5, 5.41) is 0. The number of rotatable bonds is 2. The topological polar surface area (TPSA) is 99.8 Å². The van der Waals surface area contributed by atoms with Gasteiger partial charge >= 0.3 is 6.03 Å². The van der Waals surface area contributed by atoms with Gasteiger partial charge in [0.1, 0.15) is 10.7 Å². The standard InChI is InChI=1S/C12H19N5O3S/c1-15(2)12(18)16-5-7-17(8-6-16)21(19,20)10-3-4-11(13)14-9-10/h3-4,9H,5-8H2,1-2H3,(H2,13,14). The Kier molecular flexibility index (Phi) is 4.33. The lowest BCUT2D eigenvalue weighted by molar-refractivity contribution is 0.149. The van der Waals surface area contributed by atoms with Crippen LogP contribution in [0.15, 0.2) is 23.2 Å². The minimum atomic E-state index is -3.58. The highest BCUT2D eigenvalue weighted by Crippen LogP contribution is 2.17. The Bertz CT molecular complexity index is 606. The van der Waals surface area contributed by atoms with Crippen molar-refractivity contribution in [3.63, 3.8) is 0 Å². The molecule has 21 heavy (non-hydrogen) atoms. The van der Waals surface area contributed by atoms with Crippen LogP contribution in [-0.4, -0.2) is 73.8 Å². The molecule has 1 saturated heterocycles. The predicted octanol–water partition coefficient (Wildman–Crippen LogP) is -0.348. The second kappa shape index (κ2) is 5.86. The third kappa shape index (κ3) is 3.24. The van der Waals surface area contributed by atoms with Crippen molar-refractivity contribution in [1.82, 2.24) is 19.1 Å². The van der Waals surface area contributed by atoms with Gasteiger partial charge in [0.2, 0.25) is 10.0 Å². The Balaban J connectivity index is 2.07. The molecular formula is C12H19N5O3S. The molecule has 1 aromatic rings. The first-order chi connectivity index (χ1) is 9.82. The molecule has 2 rings (SSSR count). The molecule has 2 N–H and O–H groups in total. The maximum atomic E-state index is 12.4. The molecular weight excluding hydrogens is 294 g/mol. The number of nitrogens with zero attached hydrogens (tertiary/aromatic N) is 4. The maximum Gasteiger partial charge on any atom is 0.319 e. The summed E-state index contributed by atoms with van der Waals surface area (Å²) in [7, 11) is -0.240. The number of sulfonamides is 1. The van der Waals surface area contributed by atoms with Gasteiger partial charge in [-0.05, 0) is 12.1 Å². The van der Waals surface area contributed by atoms with Crippen molar-refractivity contribution in [3.05, 3.63) is 18.3 Å². The Morgan fingerprint density at radius 2 is 1.86 bits per heavy atom. The monoisotopic (exact) mass is 313 g/mol. The Morgan fingerprint density at radius 1 is 1.24 bits per heavy atom. The van der Waals surface area contributed by atoms with Crippen molar-refractivity contribution in [2.75, 3.05) is 46.0 Å². The molecule has 0 aromatic carbocycles. The summed E-state index contributed by atoms with van der Waals surface area (Å²) in [6.07, 6.45) is 1.25. The minimum Gasteiger partial charge on any atom is -0.384 e. The summed E-state index contributed by atoms with van der Waals surface area (Å²) in [6.45, 7) is 1.29. The number of anilines is 1. The van der Waals surface area contributed by atoms with Crippen LogP contribution in [0, 0.1) is 0 Å². The molecule has 0 unspecified atom stereocenters. The van der Waals surface area contributed by atoms with Gasteiger partial charge in [-0.1, -0.05) is 0 Å².